The highest BCUT2D eigenvalue weighted by Gasteiger charge is 2.09. The molecule has 1 amide bonds. The molecule has 2 heterocycles. The van der Waals surface area contributed by atoms with Crippen LogP contribution < -0.4 is 10.6 Å². The zero-order valence-electron chi connectivity index (χ0n) is 15.6. The van der Waals surface area contributed by atoms with Gasteiger partial charge in [0.05, 0.1) is 11.6 Å². The van der Waals surface area contributed by atoms with Gasteiger partial charge in [0, 0.05) is 41.2 Å². The average Bonchev–Trinajstić information content (AvgIpc) is 3.17. The van der Waals surface area contributed by atoms with Crippen LogP contribution in [-0.4, -0.2) is 22.4 Å². The van der Waals surface area contributed by atoms with Crippen molar-refractivity contribution in [1.82, 2.24) is 15.3 Å². The molecule has 0 aliphatic rings. The number of rotatable bonds is 6. The maximum absolute atomic E-state index is 12.5. The Hall–Kier alpha value is -4.11. The molecule has 0 spiro atoms. The number of aromatic nitrogens is 2. The lowest BCUT2D eigenvalue weighted by molar-refractivity contribution is 0.0949. The number of fused-ring (bicyclic) bond motifs is 1. The summed E-state index contributed by atoms with van der Waals surface area (Å²) in [5.41, 5.74) is 4.68. The average molecular weight is 381 g/mol. The molecule has 0 aliphatic carbocycles. The van der Waals surface area contributed by atoms with Crippen LogP contribution in [0.15, 0.2) is 73.1 Å². The van der Waals surface area contributed by atoms with Gasteiger partial charge in [0.2, 0.25) is 0 Å². The van der Waals surface area contributed by atoms with Gasteiger partial charge in [0.15, 0.2) is 0 Å². The summed E-state index contributed by atoms with van der Waals surface area (Å²) >= 11 is 0. The molecule has 3 N–H and O–H groups in total. The first-order chi connectivity index (χ1) is 14.2. The lowest BCUT2D eigenvalue weighted by atomic mass is 10.1. The Morgan fingerprint density at radius 2 is 1.93 bits per heavy atom. The maximum Gasteiger partial charge on any atom is 0.269 e. The molecule has 0 radical (unpaired) electrons. The first-order valence-electron chi connectivity index (χ1n) is 9.29. The topological polar surface area (TPSA) is 93.6 Å². The van der Waals surface area contributed by atoms with E-state index in [1.165, 1.54) is 10.9 Å². The van der Waals surface area contributed by atoms with Crippen LogP contribution in [0.4, 0.5) is 11.4 Å². The summed E-state index contributed by atoms with van der Waals surface area (Å²) in [6, 6.07) is 20.8. The number of pyridine rings is 1. The first kappa shape index (κ1) is 18.3. The van der Waals surface area contributed by atoms with E-state index in [9.17, 15) is 4.79 Å². The van der Waals surface area contributed by atoms with E-state index in [1.807, 2.05) is 30.5 Å². The molecule has 0 bridgehead atoms. The number of para-hydroxylation sites is 1. The molecule has 4 aromatic rings. The number of nitrogens with one attached hydrogen (secondary N) is 3. The molecule has 2 aromatic heterocycles. The van der Waals surface area contributed by atoms with Gasteiger partial charge in [-0.15, -0.1) is 0 Å². The number of hydrogen-bond acceptors (Lipinski definition) is 4. The lowest BCUT2D eigenvalue weighted by Gasteiger charge is -2.09. The van der Waals surface area contributed by atoms with Crippen molar-refractivity contribution >= 4 is 28.2 Å². The van der Waals surface area contributed by atoms with Crippen LogP contribution in [0.2, 0.25) is 0 Å². The Balaban J connectivity index is 1.38. The molecule has 0 atom stereocenters. The molecule has 29 heavy (non-hydrogen) atoms. The summed E-state index contributed by atoms with van der Waals surface area (Å²) in [6.07, 6.45) is 4.30. The Labute approximate surface area is 168 Å². The van der Waals surface area contributed by atoms with E-state index < -0.39 is 0 Å². The lowest BCUT2D eigenvalue weighted by Crippen LogP contribution is -2.26. The summed E-state index contributed by atoms with van der Waals surface area (Å²) in [4.78, 5) is 19.9. The van der Waals surface area contributed by atoms with E-state index in [-0.39, 0.29) is 5.91 Å². The van der Waals surface area contributed by atoms with Crippen molar-refractivity contribution in [1.29, 1.82) is 5.26 Å². The van der Waals surface area contributed by atoms with Gasteiger partial charge in [-0.2, -0.15) is 5.26 Å². The molecule has 0 saturated heterocycles. The van der Waals surface area contributed by atoms with Gasteiger partial charge in [-0.05, 0) is 48.4 Å². The number of hydrogen-bond donors (Lipinski definition) is 3. The molecule has 4 rings (SSSR count). The van der Waals surface area contributed by atoms with Gasteiger partial charge < -0.3 is 15.6 Å². The van der Waals surface area contributed by atoms with E-state index >= 15 is 0 Å². The zero-order chi connectivity index (χ0) is 20.1. The summed E-state index contributed by atoms with van der Waals surface area (Å²) in [7, 11) is 0. The Kier molecular flexibility index (Phi) is 5.21. The fourth-order valence-electron chi connectivity index (χ4n) is 3.21. The summed E-state index contributed by atoms with van der Waals surface area (Å²) in [5.74, 6) is -0.223. The number of nitriles is 1. The monoisotopic (exact) mass is 381 g/mol. The van der Waals surface area contributed by atoms with Crippen molar-refractivity contribution in [2.75, 3.05) is 11.9 Å². The summed E-state index contributed by atoms with van der Waals surface area (Å²) in [6.45, 7) is 0.518. The maximum atomic E-state index is 12.5. The molecule has 0 fully saturated rings. The van der Waals surface area contributed by atoms with E-state index in [2.05, 4.69) is 32.7 Å². The summed E-state index contributed by atoms with van der Waals surface area (Å²) in [5, 5.41) is 16.3. The van der Waals surface area contributed by atoms with E-state index in [4.69, 9.17) is 5.26 Å². The number of anilines is 2. The van der Waals surface area contributed by atoms with Gasteiger partial charge in [-0.25, -0.2) is 0 Å². The minimum atomic E-state index is -0.223. The third-order valence-electron chi connectivity index (χ3n) is 4.63. The minimum Gasteiger partial charge on any atom is -0.361 e. The Morgan fingerprint density at radius 3 is 2.83 bits per heavy atom. The molecular formula is C23H19N5O. The Morgan fingerprint density at radius 1 is 1.07 bits per heavy atom. The number of benzene rings is 2. The molecule has 142 valence electrons. The van der Waals surface area contributed by atoms with Crippen LogP contribution in [0.3, 0.4) is 0 Å². The highest BCUT2D eigenvalue weighted by Crippen LogP contribution is 2.19. The molecule has 6 nitrogen and oxygen atoms in total. The quantitative estimate of drug-likeness (QED) is 0.468. The van der Waals surface area contributed by atoms with Crippen molar-refractivity contribution in [2.45, 2.75) is 6.42 Å². The molecule has 6 heteroatoms. The third-order valence-corrected chi connectivity index (χ3v) is 4.63. The van der Waals surface area contributed by atoms with Crippen LogP contribution in [-0.2, 0) is 6.42 Å². The number of H-pyrrole nitrogens is 1. The standard InChI is InChI=1S/C23H19N5O/c24-14-16-4-3-5-18(12-16)28-19-9-11-25-22(13-19)23(29)26-10-8-17-15-27-21-7-2-1-6-20(17)21/h1-7,9,11-13,15,27H,8,10H2,(H,25,28)(H,26,29). The van der Waals surface area contributed by atoms with Crippen molar-refractivity contribution in [2.24, 2.45) is 0 Å². The fraction of sp³-hybridized carbons (Fsp3) is 0.0870. The fourth-order valence-corrected chi connectivity index (χ4v) is 3.21. The van der Waals surface area contributed by atoms with Gasteiger partial charge in [-0.3, -0.25) is 9.78 Å². The largest absolute Gasteiger partial charge is 0.361 e. The van der Waals surface area contributed by atoms with Crippen LogP contribution in [0.25, 0.3) is 10.9 Å². The van der Waals surface area contributed by atoms with Gasteiger partial charge in [0.1, 0.15) is 5.69 Å². The van der Waals surface area contributed by atoms with Crippen LogP contribution >= 0.6 is 0 Å². The van der Waals surface area contributed by atoms with E-state index in [0.29, 0.717) is 17.8 Å². The second-order valence-corrected chi connectivity index (χ2v) is 6.61. The third kappa shape index (κ3) is 4.25. The number of aromatic amines is 1. The van der Waals surface area contributed by atoms with E-state index in [0.717, 1.165) is 23.3 Å². The highest BCUT2D eigenvalue weighted by molar-refractivity contribution is 5.93. The number of amides is 1. The molecule has 0 aliphatic heterocycles. The normalized spacial score (nSPS) is 10.4. The van der Waals surface area contributed by atoms with Gasteiger partial charge in [0.25, 0.3) is 5.91 Å². The number of carbonyl (C=O) groups excluding carboxylic acids is 1. The smallest absolute Gasteiger partial charge is 0.269 e. The van der Waals surface area contributed by atoms with E-state index in [1.54, 1.807) is 36.5 Å². The minimum absolute atomic E-state index is 0.223. The number of carbonyl (C=O) groups is 1. The van der Waals surface area contributed by atoms with Crippen LogP contribution in [0, 0.1) is 11.3 Å². The predicted molar refractivity (Wildman–Crippen MR) is 113 cm³/mol. The van der Waals surface area contributed by atoms with Crippen molar-refractivity contribution in [3.8, 4) is 6.07 Å². The SMILES string of the molecule is N#Cc1cccc(Nc2ccnc(C(=O)NCCc3c[nH]c4ccccc34)c2)c1. The van der Waals surface area contributed by atoms with Crippen molar-refractivity contribution < 1.29 is 4.79 Å². The van der Waals surface area contributed by atoms with Crippen molar-refractivity contribution in [3.05, 3.63) is 89.9 Å². The first-order valence-corrected chi connectivity index (χ1v) is 9.29. The van der Waals surface area contributed by atoms with Gasteiger partial charge >= 0.3 is 0 Å². The second-order valence-electron chi connectivity index (χ2n) is 6.61. The molecule has 0 unspecified atom stereocenters. The number of nitrogens with zero attached hydrogens (tertiary/aromatic N) is 2. The molecule has 0 saturated carbocycles. The van der Waals surface area contributed by atoms with Gasteiger partial charge in [-0.1, -0.05) is 24.3 Å². The predicted octanol–water partition coefficient (Wildman–Crippen LogP) is 4.15. The van der Waals surface area contributed by atoms with Crippen LogP contribution in [0.5, 0.6) is 0 Å². The Bertz CT molecular complexity index is 1210. The molecular weight excluding hydrogens is 362 g/mol. The second kappa shape index (κ2) is 8.28. The highest BCUT2D eigenvalue weighted by atomic mass is 16.1. The van der Waals surface area contributed by atoms with Crippen LogP contribution in [0.1, 0.15) is 21.6 Å². The van der Waals surface area contributed by atoms with Crippen molar-refractivity contribution in [3.63, 3.8) is 0 Å². The molecule has 2 aromatic carbocycles. The summed E-state index contributed by atoms with van der Waals surface area (Å²) < 4.78 is 0. The zero-order valence-corrected chi connectivity index (χ0v) is 15.6.